The normalized spacial score (nSPS) is 10.2. The standard InChI is InChI=1S/C12H18N2O2/c1-9(2)13-8-10-5-4-6-11(7-10)14-12(15)16-3/h4-7,9,13H,8H2,1-3H3,(H,14,15). The second kappa shape index (κ2) is 6.12. The number of rotatable bonds is 4. The Balaban J connectivity index is 2.60. The summed E-state index contributed by atoms with van der Waals surface area (Å²) >= 11 is 0. The van der Waals surface area contributed by atoms with Crippen LogP contribution in [0.4, 0.5) is 10.5 Å². The molecule has 4 nitrogen and oxygen atoms in total. The minimum Gasteiger partial charge on any atom is -0.453 e. The molecular weight excluding hydrogens is 204 g/mol. The molecule has 0 saturated heterocycles. The van der Waals surface area contributed by atoms with Gasteiger partial charge in [-0.25, -0.2) is 4.79 Å². The summed E-state index contributed by atoms with van der Waals surface area (Å²) in [5.74, 6) is 0. The van der Waals surface area contributed by atoms with Gasteiger partial charge in [0, 0.05) is 18.3 Å². The van der Waals surface area contributed by atoms with Crippen molar-refractivity contribution >= 4 is 11.8 Å². The molecule has 0 heterocycles. The average Bonchev–Trinajstić information content (AvgIpc) is 2.26. The number of carbonyl (C=O) groups excluding carboxylic acids is 1. The van der Waals surface area contributed by atoms with Crippen molar-refractivity contribution in [2.45, 2.75) is 26.4 Å². The van der Waals surface area contributed by atoms with Crippen molar-refractivity contribution in [1.82, 2.24) is 5.32 Å². The molecule has 0 saturated carbocycles. The maximum atomic E-state index is 11.0. The summed E-state index contributed by atoms with van der Waals surface area (Å²) in [7, 11) is 1.35. The van der Waals surface area contributed by atoms with Crippen LogP contribution in [0.1, 0.15) is 19.4 Å². The van der Waals surface area contributed by atoms with E-state index in [-0.39, 0.29) is 0 Å². The Bertz CT molecular complexity index is 351. The van der Waals surface area contributed by atoms with Crippen molar-refractivity contribution in [3.05, 3.63) is 29.8 Å². The lowest BCUT2D eigenvalue weighted by Crippen LogP contribution is -2.21. The highest BCUT2D eigenvalue weighted by molar-refractivity contribution is 5.84. The molecule has 88 valence electrons. The molecule has 0 aliphatic carbocycles. The summed E-state index contributed by atoms with van der Waals surface area (Å²) in [6, 6.07) is 8.11. The zero-order valence-electron chi connectivity index (χ0n) is 9.91. The van der Waals surface area contributed by atoms with Crippen molar-refractivity contribution < 1.29 is 9.53 Å². The molecule has 0 bridgehead atoms. The van der Waals surface area contributed by atoms with Gasteiger partial charge in [-0.15, -0.1) is 0 Å². The first-order valence-corrected chi connectivity index (χ1v) is 5.29. The highest BCUT2D eigenvalue weighted by atomic mass is 16.5. The van der Waals surface area contributed by atoms with Crippen LogP contribution >= 0.6 is 0 Å². The molecule has 1 aromatic rings. The summed E-state index contributed by atoms with van der Waals surface area (Å²) in [6.07, 6.45) is -0.450. The fourth-order valence-corrected chi connectivity index (χ4v) is 1.25. The molecule has 1 aromatic carbocycles. The molecule has 16 heavy (non-hydrogen) atoms. The van der Waals surface area contributed by atoms with E-state index in [0.717, 1.165) is 17.8 Å². The van der Waals surface area contributed by atoms with Gasteiger partial charge < -0.3 is 10.1 Å². The number of anilines is 1. The first kappa shape index (κ1) is 12.5. The van der Waals surface area contributed by atoms with Crippen LogP contribution < -0.4 is 10.6 Å². The second-order valence-corrected chi connectivity index (χ2v) is 3.85. The lowest BCUT2D eigenvalue weighted by Gasteiger charge is -2.09. The van der Waals surface area contributed by atoms with Crippen LogP contribution in [0.3, 0.4) is 0 Å². The Hall–Kier alpha value is -1.55. The van der Waals surface area contributed by atoms with E-state index in [9.17, 15) is 4.79 Å². The fourth-order valence-electron chi connectivity index (χ4n) is 1.25. The van der Waals surface area contributed by atoms with E-state index < -0.39 is 6.09 Å². The predicted octanol–water partition coefficient (Wildman–Crippen LogP) is 2.36. The van der Waals surface area contributed by atoms with Gasteiger partial charge in [0.1, 0.15) is 0 Å². The Morgan fingerprint density at radius 2 is 2.19 bits per heavy atom. The van der Waals surface area contributed by atoms with Gasteiger partial charge in [-0.2, -0.15) is 0 Å². The van der Waals surface area contributed by atoms with Gasteiger partial charge in [-0.1, -0.05) is 26.0 Å². The Labute approximate surface area is 96.0 Å². The summed E-state index contributed by atoms with van der Waals surface area (Å²) in [5.41, 5.74) is 1.87. The van der Waals surface area contributed by atoms with Crippen molar-refractivity contribution in [1.29, 1.82) is 0 Å². The molecule has 1 amide bonds. The van der Waals surface area contributed by atoms with Gasteiger partial charge >= 0.3 is 6.09 Å². The van der Waals surface area contributed by atoms with Crippen LogP contribution in [-0.2, 0) is 11.3 Å². The molecule has 0 atom stereocenters. The number of methoxy groups -OCH3 is 1. The van der Waals surface area contributed by atoms with Gasteiger partial charge in [0.2, 0.25) is 0 Å². The maximum absolute atomic E-state index is 11.0. The molecule has 0 radical (unpaired) electrons. The zero-order valence-corrected chi connectivity index (χ0v) is 9.91. The Morgan fingerprint density at radius 1 is 1.44 bits per heavy atom. The lowest BCUT2D eigenvalue weighted by molar-refractivity contribution is 0.187. The van der Waals surface area contributed by atoms with E-state index in [4.69, 9.17) is 0 Å². The number of hydrogen-bond donors (Lipinski definition) is 2. The van der Waals surface area contributed by atoms with E-state index in [2.05, 4.69) is 29.2 Å². The molecule has 2 N–H and O–H groups in total. The van der Waals surface area contributed by atoms with E-state index in [1.54, 1.807) is 0 Å². The fraction of sp³-hybridized carbons (Fsp3) is 0.417. The minimum atomic E-state index is -0.450. The number of carbonyl (C=O) groups is 1. The first-order chi connectivity index (χ1) is 7.61. The average molecular weight is 222 g/mol. The molecule has 4 heteroatoms. The van der Waals surface area contributed by atoms with Gasteiger partial charge in [0.25, 0.3) is 0 Å². The second-order valence-electron chi connectivity index (χ2n) is 3.85. The number of ether oxygens (including phenoxy) is 1. The SMILES string of the molecule is COC(=O)Nc1cccc(CNC(C)C)c1. The van der Waals surface area contributed by atoms with Crippen LogP contribution in [0, 0.1) is 0 Å². The summed E-state index contributed by atoms with van der Waals surface area (Å²) in [6.45, 7) is 4.97. The predicted molar refractivity (Wildman–Crippen MR) is 64.4 cm³/mol. The number of hydrogen-bond acceptors (Lipinski definition) is 3. The van der Waals surface area contributed by atoms with Crippen molar-refractivity contribution in [3.8, 4) is 0 Å². The Morgan fingerprint density at radius 3 is 2.81 bits per heavy atom. The molecule has 0 spiro atoms. The number of benzene rings is 1. The van der Waals surface area contributed by atoms with Crippen molar-refractivity contribution in [2.24, 2.45) is 0 Å². The zero-order chi connectivity index (χ0) is 12.0. The quantitative estimate of drug-likeness (QED) is 0.822. The van der Waals surface area contributed by atoms with E-state index in [1.807, 2.05) is 24.3 Å². The highest BCUT2D eigenvalue weighted by Gasteiger charge is 2.01. The van der Waals surface area contributed by atoms with Gasteiger partial charge in [0.05, 0.1) is 7.11 Å². The van der Waals surface area contributed by atoms with Crippen molar-refractivity contribution in [2.75, 3.05) is 12.4 Å². The molecule has 1 rings (SSSR count). The van der Waals surface area contributed by atoms with Crippen LogP contribution in [0.15, 0.2) is 24.3 Å². The van der Waals surface area contributed by atoms with Crippen LogP contribution in [0.5, 0.6) is 0 Å². The van der Waals surface area contributed by atoms with Crippen LogP contribution in [-0.4, -0.2) is 19.2 Å². The highest BCUT2D eigenvalue weighted by Crippen LogP contribution is 2.10. The molecule has 0 fully saturated rings. The van der Waals surface area contributed by atoms with Gasteiger partial charge in [0.15, 0.2) is 0 Å². The van der Waals surface area contributed by atoms with Crippen LogP contribution in [0.2, 0.25) is 0 Å². The lowest BCUT2D eigenvalue weighted by atomic mass is 10.2. The number of nitrogens with one attached hydrogen (secondary N) is 2. The number of amides is 1. The third-order valence-corrected chi connectivity index (χ3v) is 2.07. The third kappa shape index (κ3) is 4.31. The maximum Gasteiger partial charge on any atom is 0.411 e. The summed E-state index contributed by atoms with van der Waals surface area (Å²) in [4.78, 5) is 11.0. The van der Waals surface area contributed by atoms with E-state index in [0.29, 0.717) is 6.04 Å². The first-order valence-electron chi connectivity index (χ1n) is 5.29. The molecule has 0 unspecified atom stereocenters. The third-order valence-electron chi connectivity index (χ3n) is 2.07. The monoisotopic (exact) mass is 222 g/mol. The smallest absolute Gasteiger partial charge is 0.411 e. The largest absolute Gasteiger partial charge is 0.453 e. The summed E-state index contributed by atoms with van der Waals surface area (Å²) < 4.78 is 4.53. The minimum absolute atomic E-state index is 0.442. The topological polar surface area (TPSA) is 50.4 Å². The molecular formula is C12H18N2O2. The van der Waals surface area contributed by atoms with E-state index in [1.165, 1.54) is 7.11 Å². The van der Waals surface area contributed by atoms with E-state index >= 15 is 0 Å². The van der Waals surface area contributed by atoms with Crippen molar-refractivity contribution in [3.63, 3.8) is 0 Å². The Kier molecular flexibility index (Phi) is 4.79. The molecule has 0 aromatic heterocycles. The van der Waals surface area contributed by atoms with Gasteiger partial charge in [-0.3, -0.25) is 5.32 Å². The van der Waals surface area contributed by atoms with Gasteiger partial charge in [-0.05, 0) is 17.7 Å². The van der Waals surface area contributed by atoms with Crippen LogP contribution in [0.25, 0.3) is 0 Å². The summed E-state index contributed by atoms with van der Waals surface area (Å²) in [5, 5.41) is 5.94. The molecule has 0 aliphatic rings. The molecule has 0 aliphatic heterocycles.